The van der Waals surface area contributed by atoms with Crippen LogP contribution in [-0.2, 0) is 19.6 Å². The zero-order valence-corrected chi connectivity index (χ0v) is 20.9. The minimum absolute atomic E-state index is 0.0258. The molecule has 1 fully saturated rings. The molecule has 180 valence electrons. The number of piperidine rings is 1. The van der Waals surface area contributed by atoms with Crippen molar-refractivity contribution in [2.24, 2.45) is 5.92 Å². The number of ether oxygens (including phenoxy) is 1. The van der Waals surface area contributed by atoms with E-state index < -0.39 is 10.0 Å². The van der Waals surface area contributed by atoms with Crippen LogP contribution in [0.25, 0.3) is 10.2 Å². The van der Waals surface area contributed by atoms with Gasteiger partial charge in [-0.15, -0.1) is 0 Å². The van der Waals surface area contributed by atoms with E-state index in [-0.39, 0.29) is 42.2 Å². The normalized spacial score (nSPS) is 15.4. The van der Waals surface area contributed by atoms with Gasteiger partial charge in [-0.2, -0.15) is 4.31 Å². The summed E-state index contributed by atoms with van der Waals surface area (Å²) in [5.74, 6) is -0.824. The summed E-state index contributed by atoms with van der Waals surface area (Å²) >= 11 is 7.39. The van der Waals surface area contributed by atoms with Gasteiger partial charge >= 0.3 is 5.97 Å². The quantitative estimate of drug-likeness (QED) is 0.349. The first-order chi connectivity index (χ1) is 16.3. The van der Waals surface area contributed by atoms with Gasteiger partial charge in [-0.1, -0.05) is 35.1 Å². The summed E-state index contributed by atoms with van der Waals surface area (Å²) in [6.45, 7) is 2.49. The van der Waals surface area contributed by atoms with Gasteiger partial charge < -0.3 is 10.1 Å². The number of esters is 1. The molecule has 4 rings (SSSR count). The third-order valence-electron chi connectivity index (χ3n) is 5.62. The molecule has 0 amide bonds. The molecule has 8 nitrogen and oxygen atoms in total. The topological polar surface area (TPSA) is 106 Å². The predicted molar refractivity (Wildman–Crippen MR) is 132 cm³/mol. The van der Waals surface area contributed by atoms with Gasteiger partial charge in [0, 0.05) is 23.7 Å². The van der Waals surface area contributed by atoms with Crippen molar-refractivity contribution in [1.29, 1.82) is 0 Å². The number of ketones is 1. The van der Waals surface area contributed by atoms with Gasteiger partial charge in [-0.05, 0) is 50.1 Å². The minimum atomic E-state index is -3.78. The van der Waals surface area contributed by atoms with Crippen molar-refractivity contribution in [2.45, 2.75) is 24.7 Å². The molecule has 1 aromatic heterocycles. The van der Waals surface area contributed by atoms with E-state index in [1.54, 1.807) is 25.1 Å². The molecule has 34 heavy (non-hydrogen) atoms. The molecule has 0 spiro atoms. The molecule has 2 aromatic carbocycles. The Hall–Kier alpha value is -2.53. The summed E-state index contributed by atoms with van der Waals surface area (Å²) in [6.07, 6.45) is 0.821. The molecule has 0 bridgehead atoms. The lowest BCUT2D eigenvalue weighted by Gasteiger charge is -2.30. The predicted octanol–water partition coefficient (Wildman–Crippen LogP) is 4.21. The largest absolute Gasteiger partial charge is 0.466 e. The molecule has 1 aliphatic rings. The van der Waals surface area contributed by atoms with Gasteiger partial charge in [0.15, 0.2) is 10.9 Å². The van der Waals surface area contributed by atoms with E-state index >= 15 is 0 Å². The average molecular weight is 522 g/mol. The van der Waals surface area contributed by atoms with E-state index in [4.69, 9.17) is 16.3 Å². The van der Waals surface area contributed by atoms with Crippen LogP contribution in [0.15, 0.2) is 47.4 Å². The molecular weight excluding hydrogens is 498 g/mol. The number of thiazole rings is 1. The maximum absolute atomic E-state index is 13.1. The van der Waals surface area contributed by atoms with Crippen molar-refractivity contribution in [1.82, 2.24) is 9.29 Å². The van der Waals surface area contributed by atoms with Gasteiger partial charge in [0.2, 0.25) is 10.0 Å². The molecule has 0 saturated carbocycles. The number of hydrogen-bond donors (Lipinski definition) is 1. The first-order valence-corrected chi connectivity index (χ1v) is 13.5. The van der Waals surface area contributed by atoms with Crippen LogP contribution in [0.2, 0.25) is 5.02 Å². The summed E-state index contributed by atoms with van der Waals surface area (Å²) in [5.41, 5.74) is 1.07. The number of Topliss-reactive ketones (excluding diaryl/α,β-unsaturated/α-hetero) is 1. The summed E-state index contributed by atoms with van der Waals surface area (Å²) in [5, 5.41) is 4.21. The maximum Gasteiger partial charge on any atom is 0.309 e. The van der Waals surface area contributed by atoms with Crippen molar-refractivity contribution < 1.29 is 22.7 Å². The number of nitrogens with one attached hydrogen (secondary N) is 1. The molecule has 0 unspecified atom stereocenters. The summed E-state index contributed by atoms with van der Waals surface area (Å²) in [6, 6.07) is 11.4. The summed E-state index contributed by atoms with van der Waals surface area (Å²) in [7, 11) is -3.78. The third-order valence-corrected chi connectivity index (χ3v) is 8.72. The third kappa shape index (κ3) is 5.41. The molecular formula is C23H24ClN3O5S2. The van der Waals surface area contributed by atoms with Gasteiger partial charge in [0.05, 0.1) is 34.2 Å². The molecule has 0 atom stereocenters. The van der Waals surface area contributed by atoms with Crippen LogP contribution in [0, 0.1) is 5.92 Å². The highest BCUT2D eigenvalue weighted by atomic mass is 35.5. The van der Waals surface area contributed by atoms with Crippen molar-refractivity contribution in [3.05, 3.63) is 53.1 Å². The smallest absolute Gasteiger partial charge is 0.309 e. The van der Waals surface area contributed by atoms with E-state index in [0.717, 1.165) is 10.2 Å². The van der Waals surface area contributed by atoms with E-state index in [9.17, 15) is 18.0 Å². The second-order valence-corrected chi connectivity index (χ2v) is 11.3. The number of anilines is 1. The zero-order chi connectivity index (χ0) is 24.3. The Morgan fingerprint density at radius 1 is 1.21 bits per heavy atom. The number of nitrogens with zero attached hydrogens (tertiary/aromatic N) is 2. The molecule has 3 aromatic rings. The average Bonchev–Trinajstić information content (AvgIpc) is 3.25. The minimum Gasteiger partial charge on any atom is -0.466 e. The highest BCUT2D eigenvalue weighted by Gasteiger charge is 2.33. The van der Waals surface area contributed by atoms with Gasteiger partial charge in [0.25, 0.3) is 0 Å². The van der Waals surface area contributed by atoms with Crippen molar-refractivity contribution >= 4 is 60.1 Å². The van der Waals surface area contributed by atoms with Crippen LogP contribution >= 0.6 is 22.9 Å². The van der Waals surface area contributed by atoms with Gasteiger partial charge in [-0.3, -0.25) is 9.59 Å². The van der Waals surface area contributed by atoms with Crippen LogP contribution in [0.3, 0.4) is 0 Å². The Labute approximate surface area is 206 Å². The van der Waals surface area contributed by atoms with Crippen LogP contribution in [0.1, 0.15) is 30.1 Å². The SMILES string of the molecule is CCOC(=O)C1CCN(S(=O)(=O)c2cccc(C(=O)CNc3nc4ccc(Cl)cc4s3)c2)CC1. The fourth-order valence-corrected chi connectivity index (χ4v) is 6.46. The molecule has 1 saturated heterocycles. The Bertz CT molecular complexity index is 1320. The standard InChI is InChI=1S/C23H24ClN3O5S2/c1-2-32-22(29)15-8-10-27(11-9-15)34(30,31)18-5-3-4-16(12-18)20(28)14-25-23-26-19-7-6-17(24)13-21(19)33-23/h3-7,12-13,15H,2,8-11,14H2,1H3,(H,25,26). The second kappa shape index (κ2) is 10.4. The van der Waals surface area contributed by atoms with Crippen molar-refractivity contribution in [2.75, 3.05) is 31.6 Å². The number of rotatable bonds is 8. The van der Waals surface area contributed by atoms with E-state index in [2.05, 4.69) is 10.3 Å². The second-order valence-electron chi connectivity index (χ2n) is 7.87. The number of sulfonamides is 1. The highest BCUT2D eigenvalue weighted by Crippen LogP contribution is 2.28. The van der Waals surface area contributed by atoms with Crippen molar-refractivity contribution in [3.63, 3.8) is 0 Å². The lowest BCUT2D eigenvalue weighted by atomic mass is 9.98. The van der Waals surface area contributed by atoms with Crippen LogP contribution in [0.4, 0.5) is 5.13 Å². The first-order valence-electron chi connectivity index (χ1n) is 10.9. The molecule has 1 N–H and O–H groups in total. The first kappa shape index (κ1) is 24.6. The number of fused-ring (bicyclic) bond motifs is 1. The van der Waals surface area contributed by atoms with Gasteiger partial charge in [0.1, 0.15) is 0 Å². The number of benzene rings is 2. The monoisotopic (exact) mass is 521 g/mol. The number of carbonyl (C=O) groups excluding carboxylic acids is 2. The van der Waals surface area contributed by atoms with E-state index in [0.29, 0.717) is 35.2 Å². The number of hydrogen-bond acceptors (Lipinski definition) is 8. The highest BCUT2D eigenvalue weighted by molar-refractivity contribution is 7.89. The van der Waals surface area contributed by atoms with Crippen molar-refractivity contribution in [3.8, 4) is 0 Å². The molecule has 0 radical (unpaired) electrons. The molecule has 2 heterocycles. The Kier molecular flexibility index (Phi) is 7.51. The van der Waals surface area contributed by atoms with E-state index in [1.165, 1.54) is 27.8 Å². The Morgan fingerprint density at radius 2 is 1.97 bits per heavy atom. The summed E-state index contributed by atoms with van der Waals surface area (Å²) < 4.78 is 33.6. The maximum atomic E-state index is 13.1. The molecule has 11 heteroatoms. The Morgan fingerprint density at radius 3 is 2.71 bits per heavy atom. The summed E-state index contributed by atoms with van der Waals surface area (Å²) in [4.78, 5) is 29.2. The zero-order valence-electron chi connectivity index (χ0n) is 18.5. The van der Waals surface area contributed by atoms with Crippen LogP contribution in [0.5, 0.6) is 0 Å². The molecule has 0 aliphatic carbocycles. The number of carbonyl (C=O) groups is 2. The lowest BCUT2D eigenvalue weighted by Crippen LogP contribution is -2.40. The van der Waals surface area contributed by atoms with Gasteiger partial charge in [-0.25, -0.2) is 13.4 Å². The molecule has 1 aliphatic heterocycles. The lowest BCUT2D eigenvalue weighted by molar-refractivity contribution is -0.149. The van der Waals surface area contributed by atoms with E-state index in [1.807, 2.05) is 12.1 Å². The van der Waals surface area contributed by atoms with Crippen LogP contribution < -0.4 is 5.32 Å². The Balaban J connectivity index is 1.41. The van der Waals surface area contributed by atoms with Crippen LogP contribution in [-0.4, -0.2) is 55.7 Å². The fourth-order valence-electron chi connectivity index (χ4n) is 3.80. The fraction of sp³-hybridized carbons (Fsp3) is 0.348. The number of aromatic nitrogens is 1. The number of halogens is 1.